The SMILES string of the molecule is COc1ccccc1-c1c(OC(=O)OCCO)c(C)nc(C)c1OC(=O)OC(C)C. The predicted molar refractivity (Wildman–Crippen MR) is 107 cm³/mol. The Bertz CT molecular complexity index is 910. The zero-order chi connectivity index (χ0) is 22.3. The first-order valence-electron chi connectivity index (χ1n) is 9.27. The summed E-state index contributed by atoms with van der Waals surface area (Å²) in [7, 11) is 1.49. The van der Waals surface area contributed by atoms with E-state index < -0.39 is 18.4 Å². The maximum atomic E-state index is 12.2. The predicted octanol–water partition coefficient (Wildman–Crippen LogP) is 3.81. The van der Waals surface area contributed by atoms with E-state index >= 15 is 0 Å². The number of benzene rings is 1. The van der Waals surface area contributed by atoms with Gasteiger partial charge in [0, 0.05) is 5.56 Å². The molecule has 1 aromatic heterocycles. The van der Waals surface area contributed by atoms with Crippen LogP contribution in [0.15, 0.2) is 24.3 Å². The number of methoxy groups -OCH3 is 1. The molecule has 1 aromatic carbocycles. The van der Waals surface area contributed by atoms with Gasteiger partial charge in [-0.15, -0.1) is 0 Å². The van der Waals surface area contributed by atoms with Crippen molar-refractivity contribution in [1.82, 2.24) is 4.98 Å². The molecule has 162 valence electrons. The van der Waals surface area contributed by atoms with Crippen LogP contribution in [0.4, 0.5) is 9.59 Å². The van der Waals surface area contributed by atoms with Gasteiger partial charge in [-0.3, -0.25) is 4.98 Å². The van der Waals surface area contributed by atoms with Crippen LogP contribution in [-0.4, -0.2) is 48.8 Å². The third kappa shape index (κ3) is 5.60. The zero-order valence-corrected chi connectivity index (χ0v) is 17.6. The lowest BCUT2D eigenvalue weighted by atomic mass is 10.0. The van der Waals surface area contributed by atoms with E-state index in [-0.39, 0.29) is 30.3 Å². The highest BCUT2D eigenvalue weighted by atomic mass is 16.7. The number of aliphatic hydroxyl groups is 1. The molecular formula is C21H25NO8. The maximum Gasteiger partial charge on any atom is 0.514 e. The van der Waals surface area contributed by atoms with Crippen LogP contribution in [-0.2, 0) is 9.47 Å². The summed E-state index contributed by atoms with van der Waals surface area (Å²) in [5.41, 5.74) is 1.52. The Kier molecular flexibility index (Phi) is 7.99. The highest BCUT2D eigenvalue weighted by Gasteiger charge is 2.27. The second-order valence-corrected chi connectivity index (χ2v) is 6.46. The highest BCUT2D eigenvalue weighted by molar-refractivity contribution is 5.86. The van der Waals surface area contributed by atoms with Gasteiger partial charge < -0.3 is 28.8 Å². The summed E-state index contributed by atoms with van der Waals surface area (Å²) in [4.78, 5) is 28.6. The van der Waals surface area contributed by atoms with Gasteiger partial charge in [0.05, 0.1) is 36.8 Å². The molecule has 2 aromatic rings. The lowest BCUT2D eigenvalue weighted by Gasteiger charge is -2.19. The van der Waals surface area contributed by atoms with Crippen molar-refractivity contribution in [3.05, 3.63) is 35.7 Å². The van der Waals surface area contributed by atoms with Gasteiger partial charge in [-0.05, 0) is 33.8 Å². The minimum atomic E-state index is -1.04. The van der Waals surface area contributed by atoms with Crippen LogP contribution < -0.4 is 14.2 Å². The minimum Gasteiger partial charge on any atom is -0.496 e. The van der Waals surface area contributed by atoms with Gasteiger partial charge in [0.1, 0.15) is 12.4 Å². The number of ether oxygens (including phenoxy) is 5. The number of rotatable bonds is 7. The third-order valence-corrected chi connectivity index (χ3v) is 3.84. The van der Waals surface area contributed by atoms with Crippen molar-refractivity contribution >= 4 is 12.3 Å². The molecule has 0 atom stereocenters. The normalized spacial score (nSPS) is 10.5. The summed E-state index contributed by atoms with van der Waals surface area (Å²) in [6.45, 7) is 6.08. The summed E-state index contributed by atoms with van der Waals surface area (Å²) in [6, 6.07) is 6.96. The van der Waals surface area contributed by atoms with Gasteiger partial charge in [0.15, 0.2) is 11.5 Å². The smallest absolute Gasteiger partial charge is 0.496 e. The Morgan fingerprint density at radius 1 is 1.03 bits per heavy atom. The molecule has 9 heteroatoms. The number of carbonyl (C=O) groups excluding carboxylic acids is 2. The molecule has 0 saturated heterocycles. The van der Waals surface area contributed by atoms with Crippen molar-refractivity contribution < 1.29 is 38.4 Å². The van der Waals surface area contributed by atoms with Crippen LogP contribution in [0.2, 0.25) is 0 Å². The van der Waals surface area contributed by atoms with Gasteiger partial charge in [0.25, 0.3) is 0 Å². The molecule has 2 rings (SSSR count). The zero-order valence-electron chi connectivity index (χ0n) is 17.6. The first-order valence-corrected chi connectivity index (χ1v) is 9.27. The Balaban J connectivity index is 2.67. The van der Waals surface area contributed by atoms with Gasteiger partial charge >= 0.3 is 12.3 Å². The van der Waals surface area contributed by atoms with Crippen molar-refractivity contribution in [3.63, 3.8) is 0 Å². The average Bonchev–Trinajstić information content (AvgIpc) is 2.69. The highest BCUT2D eigenvalue weighted by Crippen LogP contribution is 2.45. The van der Waals surface area contributed by atoms with Crippen LogP contribution in [0.25, 0.3) is 11.1 Å². The largest absolute Gasteiger partial charge is 0.514 e. The van der Waals surface area contributed by atoms with Crippen LogP contribution in [0.1, 0.15) is 25.2 Å². The number of hydrogen-bond donors (Lipinski definition) is 1. The molecule has 0 aliphatic carbocycles. The fourth-order valence-electron chi connectivity index (χ4n) is 2.71. The monoisotopic (exact) mass is 419 g/mol. The van der Waals surface area contributed by atoms with E-state index in [1.807, 2.05) is 0 Å². The van der Waals surface area contributed by atoms with Crippen LogP contribution in [0.3, 0.4) is 0 Å². The summed E-state index contributed by atoms with van der Waals surface area (Å²) in [5.74, 6) is 0.541. The van der Waals surface area contributed by atoms with Gasteiger partial charge in [0.2, 0.25) is 0 Å². The molecule has 0 fully saturated rings. The number of carbonyl (C=O) groups is 2. The quantitative estimate of drug-likeness (QED) is 0.669. The molecule has 1 heterocycles. The standard InChI is InChI=1S/C21H25NO8/c1-12(2)28-21(25)30-19-14(4)22-13(3)18(29-20(24)27-11-10-23)17(19)15-8-6-7-9-16(15)26-5/h6-9,12,23H,10-11H2,1-5H3. The number of aromatic nitrogens is 1. The number of pyridine rings is 1. The topological polar surface area (TPSA) is 113 Å². The number of para-hydroxylation sites is 1. The molecule has 0 saturated carbocycles. The molecule has 0 aliphatic heterocycles. The Hall–Kier alpha value is -3.33. The van der Waals surface area contributed by atoms with E-state index in [1.165, 1.54) is 7.11 Å². The Morgan fingerprint density at radius 3 is 2.20 bits per heavy atom. The summed E-state index contributed by atoms with van der Waals surface area (Å²) in [5, 5.41) is 8.86. The van der Waals surface area contributed by atoms with Crippen LogP contribution in [0.5, 0.6) is 17.2 Å². The van der Waals surface area contributed by atoms with Crippen molar-refractivity contribution in [1.29, 1.82) is 0 Å². The van der Waals surface area contributed by atoms with Crippen molar-refractivity contribution in [3.8, 4) is 28.4 Å². The molecule has 0 aliphatic rings. The van der Waals surface area contributed by atoms with Gasteiger partial charge in [-0.25, -0.2) is 9.59 Å². The second kappa shape index (κ2) is 10.4. The molecule has 0 unspecified atom stereocenters. The van der Waals surface area contributed by atoms with Crippen LogP contribution in [0, 0.1) is 13.8 Å². The second-order valence-electron chi connectivity index (χ2n) is 6.46. The fraction of sp³-hybridized carbons (Fsp3) is 0.381. The number of aliphatic hydroxyl groups excluding tert-OH is 1. The summed E-state index contributed by atoms with van der Waals surface area (Å²) >= 11 is 0. The third-order valence-electron chi connectivity index (χ3n) is 3.84. The Labute approximate surface area is 174 Å². The molecule has 0 amide bonds. The lowest BCUT2D eigenvalue weighted by molar-refractivity contribution is 0.0725. The van der Waals surface area contributed by atoms with Crippen molar-refractivity contribution in [2.45, 2.75) is 33.8 Å². The van der Waals surface area contributed by atoms with E-state index in [4.69, 9.17) is 28.8 Å². The summed E-state index contributed by atoms with van der Waals surface area (Å²) in [6.07, 6.45) is -2.36. The molecule has 0 spiro atoms. The van der Waals surface area contributed by atoms with E-state index in [2.05, 4.69) is 4.98 Å². The molecule has 0 bridgehead atoms. The fourth-order valence-corrected chi connectivity index (χ4v) is 2.71. The molecule has 1 N–H and O–H groups in total. The van der Waals surface area contributed by atoms with Crippen LogP contribution >= 0.6 is 0 Å². The number of nitrogens with zero attached hydrogens (tertiary/aromatic N) is 1. The van der Waals surface area contributed by atoms with E-state index in [1.54, 1.807) is 52.0 Å². The lowest BCUT2D eigenvalue weighted by Crippen LogP contribution is -2.18. The summed E-state index contributed by atoms with van der Waals surface area (Å²) < 4.78 is 26.1. The van der Waals surface area contributed by atoms with Gasteiger partial charge in [-0.1, -0.05) is 18.2 Å². The van der Waals surface area contributed by atoms with E-state index in [9.17, 15) is 9.59 Å². The van der Waals surface area contributed by atoms with E-state index in [0.717, 1.165) is 0 Å². The molecule has 9 nitrogen and oxygen atoms in total. The maximum absolute atomic E-state index is 12.2. The van der Waals surface area contributed by atoms with Crippen molar-refractivity contribution in [2.24, 2.45) is 0 Å². The molecule has 0 radical (unpaired) electrons. The number of hydrogen-bond acceptors (Lipinski definition) is 9. The van der Waals surface area contributed by atoms with Gasteiger partial charge in [-0.2, -0.15) is 0 Å². The number of aryl methyl sites for hydroxylation is 2. The van der Waals surface area contributed by atoms with Crippen molar-refractivity contribution in [2.75, 3.05) is 20.3 Å². The first-order chi connectivity index (χ1) is 14.3. The Morgan fingerprint density at radius 2 is 1.63 bits per heavy atom. The molecule has 30 heavy (non-hydrogen) atoms. The average molecular weight is 419 g/mol. The minimum absolute atomic E-state index is 0.0281. The molecular weight excluding hydrogens is 394 g/mol. The first kappa shape index (κ1) is 23.0. The van der Waals surface area contributed by atoms with E-state index in [0.29, 0.717) is 22.7 Å².